The molecule has 0 aliphatic carbocycles. The second kappa shape index (κ2) is 8.19. The van der Waals surface area contributed by atoms with E-state index in [2.05, 4.69) is 0 Å². The number of rotatable bonds is 6. The van der Waals surface area contributed by atoms with Gasteiger partial charge in [-0.15, -0.1) is 0 Å². The standard InChI is InChI=1S/C17H24ClNO5S/c1-10(2)19(11(3)4)16(20)12(5)24-17(21)14-9-13(25(6,22)23)7-8-15(14)18/h7-12H,1-6H3. The van der Waals surface area contributed by atoms with Gasteiger partial charge in [0, 0.05) is 18.3 Å². The fourth-order valence-corrected chi connectivity index (χ4v) is 3.32. The molecule has 1 aromatic carbocycles. The fraction of sp³-hybridized carbons (Fsp3) is 0.529. The molecule has 0 bridgehead atoms. The Bertz CT molecular complexity index is 750. The molecule has 0 saturated carbocycles. The number of hydrogen-bond donors (Lipinski definition) is 0. The number of esters is 1. The molecule has 25 heavy (non-hydrogen) atoms. The van der Waals surface area contributed by atoms with Crippen molar-refractivity contribution in [1.29, 1.82) is 0 Å². The molecule has 0 fully saturated rings. The van der Waals surface area contributed by atoms with Crippen LogP contribution in [0.1, 0.15) is 45.0 Å². The molecule has 0 heterocycles. The van der Waals surface area contributed by atoms with Crippen LogP contribution in [0.4, 0.5) is 0 Å². The molecule has 1 atom stereocenters. The largest absolute Gasteiger partial charge is 0.449 e. The predicted molar refractivity (Wildman–Crippen MR) is 96.6 cm³/mol. The van der Waals surface area contributed by atoms with Crippen LogP contribution in [-0.4, -0.2) is 49.6 Å². The molecule has 0 N–H and O–H groups in total. The minimum Gasteiger partial charge on any atom is -0.449 e. The summed E-state index contributed by atoms with van der Waals surface area (Å²) in [4.78, 5) is 26.4. The Labute approximate surface area is 154 Å². The lowest BCUT2D eigenvalue weighted by atomic mass is 10.2. The second-order valence-corrected chi connectivity index (χ2v) is 8.82. The molecule has 1 unspecified atom stereocenters. The third-order valence-corrected chi connectivity index (χ3v) is 5.02. The smallest absolute Gasteiger partial charge is 0.340 e. The first kappa shape index (κ1) is 21.4. The number of carbonyl (C=O) groups is 2. The number of sulfone groups is 1. The van der Waals surface area contributed by atoms with Crippen LogP contribution in [0.3, 0.4) is 0 Å². The van der Waals surface area contributed by atoms with E-state index in [1.54, 1.807) is 4.90 Å². The van der Waals surface area contributed by atoms with Gasteiger partial charge >= 0.3 is 5.97 Å². The van der Waals surface area contributed by atoms with Crippen LogP contribution in [0, 0.1) is 0 Å². The van der Waals surface area contributed by atoms with Gasteiger partial charge < -0.3 is 9.64 Å². The molecule has 0 aromatic heterocycles. The Balaban J connectivity index is 3.04. The maximum absolute atomic E-state index is 12.5. The van der Waals surface area contributed by atoms with E-state index < -0.39 is 21.9 Å². The van der Waals surface area contributed by atoms with Crippen molar-refractivity contribution in [2.24, 2.45) is 0 Å². The lowest BCUT2D eigenvalue weighted by molar-refractivity contribution is -0.143. The summed E-state index contributed by atoms with van der Waals surface area (Å²) in [6.07, 6.45) is 0.0101. The van der Waals surface area contributed by atoms with Crippen LogP contribution in [0.5, 0.6) is 0 Å². The van der Waals surface area contributed by atoms with Gasteiger partial charge in [0.15, 0.2) is 15.9 Å². The van der Waals surface area contributed by atoms with Gasteiger partial charge in [0.05, 0.1) is 15.5 Å². The van der Waals surface area contributed by atoms with Crippen molar-refractivity contribution < 1.29 is 22.7 Å². The van der Waals surface area contributed by atoms with Crippen LogP contribution < -0.4 is 0 Å². The monoisotopic (exact) mass is 389 g/mol. The van der Waals surface area contributed by atoms with Crippen LogP contribution in [0.2, 0.25) is 5.02 Å². The minimum absolute atomic E-state index is 0.0474. The number of benzene rings is 1. The Morgan fingerprint density at radius 3 is 2.04 bits per heavy atom. The molecular weight excluding hydrogens is 366 g/mol. The van der Waals surface area contributed by atoms with Gasteiger partial charge in [0.25, 0.3) is 5.91 Å². The lowest BCUT2D eigenvalue weighted by Crippen LogP contribution is -2.47. The van der Waals surface area contributed by atoms with Crippen LogP contribution in [0.25, 0.3) is 0 Å². The molecular formula is C17H24ClNO5S. The SMILES string of the molecule is CC(OC(=O)c1cc(S(C)(=O)=O)ccc1Cl)C(=O)N(C(C)C)C(C)C. The van der Waals surface area contributed by atoms with Gasteiger partial charge in [-0.05, 0) is 52.8 Å². The van der Waals surface area contributed by atoms with Crippen molar-refractivity contribution in [1.82, 2.24) is 4.90 Å². The van der Waals surface area contributed by atoms with E-state index in [1.165, 1.54) is 19.1 Å². The maximum Gasteiger partial charge on any atom is 0.340 e. The molecule has 0 spiro atoms. The summed E-state index contributed by atoms with van der Waals surface area (Å²) in [6, 6.07) is 3.68. The normalized spacial score (nSPS) is 13.0. The number of ether oxygens (including phenoxy) is 1. The third kappa shape index (κ3) is 5.44. The highest BCUT2D eigenvalue weighted by Crippen LogP contribution is 2.22. The van der Waals surface area contributed by atoms with Crippen molar-refractivity contribution in [3.05, 3.63) is 28.8 Å². The first-order chi connectivity index (χ1) is 11.4. The zero-order valence-corrected chi connectivity index (χ0v) is 16.8. The van der Waals surface area contributed by atoms with Crippen LogP contribution in [-0.2, 0) is 19.4 Å². The predicted octanol–water partition coefficient (Wildman–Crippen LogP) is 2.93. The summed E-state index contributed by atoms with van der Waals surface area (Å²) in [5, 5.41) is 0.0571. The fourth-order valence-electron chi connectivity index (χ4n) is 2.48. The number of amides is 1. The summed E-state index contributed by atoms with van der Waals surface area (Å²) in [5.41, 5.74) is -0.0927. The average molecular weight is 390 g/mol. The molecule has 0 aliphatic heterocycles. The van der Waals surface area contributed by atoms with Crippen LogP contribution in [0.15, 0.2) is 23.1 Å². The average Bonchev–Trinajstić information content (AvgIpc) is 2.45. The van der Waals surface area contributed by atoms with E-state index in [1.807, 2.05) is 27.7 Å². The highest BCUT2D eigenvalue weighted by atomic mass is 35.5. The maximum atomic E-state index is 12.5. The number of nitrogens with zero attached hydrogens (tertiary/aromatic N) is 1. The summed E-state index contributed by atoms with van der Waals surface area (Å²) >= 11 is 5.98. The number of hydrogen-bond acceptors (Lipinski definition) is 5. The van der Waals surface area contributed by atoms with Crippen molar-refractivity contribution >= 4 is 33.3 Å². The summed E-state index contributed by atoms with van der Waals surface area (Å²) in [5.74, 6) is -1.17. The van der Waals surface area contributed by atoms with E-state index in [4.69, 9.17) is 16.3 Å². The summed E-state index contributed by atoms with van der Waals surface area (Å²) < 4.78 is 28.5. The first-order valence-corrected chi connectivity index (χ1v) is 10.2. The Hall–Kier alpha value is -1.60. The van der Waals surface area contributed by atoms with Crippen molar-refractivity contribution in [2.75, 3.05) is 6.26 Å². The van der Waals surface area contributed by atoms with Gasteiger partial charge in [-0.2, -0.15) is 0 Å². The minimum atomic E-state index is -3.50. The molecule has 1 amide bonds. The van der Waals surface area contributed by atoms with Crippen molar-refractivity contribution in [3.8, 4) is 0 Å². The lowest BCUT2D eigenvalue weighted by Gasteiger charge is -2.32. The van der Waals surface area contributed by atoms with E-state index in [9.17, 15) is 18.0 Å². The van der Waals surface area contributed by atoms with Crippen LogP contribution >= 0.6 is 11.6 Å². The van der Waals surface area contributed by atoms with Gasteiger partial charge in [0.1, 0.15) is 0 Å². The Morgan fingerprint density at radius 2 is 1.60 bits per heavy atom. The van der Waals surface area contributed by atoms with E-state index in [0.717, 1.165) is 12.3 Å². The van der Waals surface area contributed by atoms with Crippen molar-refractivity contribution in [3.63, 3.8) is 0 Å². The van der Waals surface area contributed by atoms with Gasteiger partial charge in [0.2, 0.25) is 0 Å². The molecule has 0 aliphatic rings. The molecule has 1 aromatic rings. The highest BCUT2D eigenvalue weighted by Gasteiger charge is 2.28. The van der Waals surface area contributed by atoms with E-state index >= 15 is 0 Å². The number of carbonyl (C=O) groups excluding carboxylic acids is 2. The number of halogens is 1. The molecule has 6 nitrogen and oxygen atoms in total. The first-order valence-electron chi connectivity index (χ1n) is 7.89. The molecule has 0 saturated heterocycles. The van der Waals surface area contributed by atoms with Crippen molar-refractivity contribution in [2.45, 2.75) is 57.7 Å². The van der Waals surface area contributed by atoms with E-state index in [0.29, 0.717) is 0 Å². The highest BCUT2D eigenvalue weighted by molar-refractivity contribution is 7.90. The van der Waals surface area contributed by atoms with Gasteiger partial charge in [-0.1, -0.05) is 11.6 Å². The zero-order chi connectivity index (χ0) is 19.5. The van der Waals surface area contributed by atoms with E-state index in [-0.39, 0.29) is 33.5 Å². The molecule has 8 heteroatoms. The Kier molecular flexibility index (Phi) is 7.02. The molecule has 1 rings (SSSR count). The summed E-state index contributed by atoms with van der Waals surface area (Å²) in [7, 11) is -3.50. The zero-order valence-electron chi connectivity index (χ0n) is 15.2. The molecule has 0 radical (unpaired) electrons. The third-order valence-electron chi connectivity index (χ3n) is 3.58. The topological polar surface area (TPSA) is 80.8 Å². The van der Waals surface area contributed by atoms with Gasteiger partial charge in [-0.25, -0.2) is 13.2 Å². The Morgan fingerprint density at radius 1 is 1.08 bits per heavy atom. The van der Waals surface area contributed by atoms with Gasteiger partial charge in [-0.3, -0.25) is 4.79 Å². The quantitative estimate of drug-likeness (QED) is 0.699. The second-order valence-electron chi connectivity index (χ2n) is 6.39. The summed E-state index contributed by atoms with van der Waals surface area (Å²) in [6.45, 7) is 8.97. The molecule has 140 valence electrons.